The van der Waals surface area contributed by atoms with Crippen LogP contribution >= 0.6 is 0 Å². The van der Waals surface area contributed by atoms with E-state index < -0.39 is 0 Å². The number of carbonyl (C=O) groups excluding carboxylic acids is 3. The van der Waals surface area contributed by atoms with Crippen LogP contribution in [0.4, 0.5) is 5.95 Å². The number of anilines is 1. The van der Waals surface area contributed by atoms with Crippen LogP contribution in [0, 0.1) is 0 Å². The first-order valence-corrected chi connectivity index (χ1v) is 12.2. The van der Waals surface area contributed by atoms with Crippen molar-refractivity contribution in [3.63, 3.8) is 0 Å². The van der Waals surface area contributed by atoms with E-state index in [0.717, 1.165) is 50.7 Å². The normalized spacial score (nSPS) is 15.8. The van der Waals surface area contributed by atoms with Crippen molar-refractivity contribution in [1.29, 1.82) is 0 Å². The summed E-state index contributed by atoms with van der Waals surface area (Å²) in [6.45, 7) is 5.22. The van der Waals surface area contributed by atoms with E-state index in [1.165, 1.54) is 11.0 Å². The Morgan fingerprint density at radius 3 is 2.33 bits per heavy atom. The third kappa shape index (κ3) is 5.11. The molecule has 0 saturated carbocycles. The molecule has 5 rings (SSSR count). The third-order valence-corrected chi connectivity index (χ3v) is 6.56. The molecule has 9 heteroatoms. The van der Waals surface area contributed by atoms with Gasteiger partial charge in [0, 0.05) is 50.7 Å². The fourth-order valence-electron chi connectivity index (χ4n) is 4.57. The first-order valence-electron chi connectivity index (χ1n) is 12.2. The molecule has 2 aromatic carbocycles. The summed E-state index contributed by atoms with van der Waals surface area (Å²) in [4.78, 5) is 52.7. The van der Waals surface area contributed by atoms with Crippen LogP contribution in [0.1, 0.15) is 43.1 Å². The minimum Gasteiger partial charge on any atom is -0.352 e. The zero-order chi connectivity index (χ0) is 24.9. The third-order valence-electron chi connectivity index (χ3n) is 6.56. The highest BCUT2D eigenvalue weighted by Gasteiger charge is 2.36. The van der Waals surface area contributed by atoms with Crippen LogP contribution in [0.25, 0.3) is 0 Å². The molecule has 0 radical (unpaired) electrons. The van der Waals surface area contributed by atoms with E-state index in [-0.39, 0.29) is 29.8 Å². The molecule has 36 heavy (non-hydrogen) atoms. The molecule has 184 valence electrons. The molecule has 1 aromatic heterocycles. The molecule has 3 heterocycles. The first kappa shape index (κ1) is 23.6. The zero-order valence-electron chi connectivity index (χ0n) is 20.0. The lowest BCUT2D eigenvalue weighted by atomic mass is 10.1. The van der Waals surface area contributed by atoms with Crippen LogP contribution in [0.5, 0.6) is 0 Å². The number of amides is 3. The molecule has 0 aliphatic carbocycles. The summed E-state index contributed by atoms with van der Waals surface area (Å²) < 4.78 is 0. The van der Waals surface area contributed by atoms with E-state index in [1.807, 2.05) is 36.4 Å². The number of hydrogen-bond acceptors (Lipinski definition) is 7. The molecule has 1 fully saturated rings. The molecule has 0 atom stereocenters. The molecule has 0 unspecified atom stereocenters. The Morgan fingerprint density at radius 1 is 0.861 bits per heavy atom. The van der Waals surface area contributed by atoms with Crippen LogP contribution in [0.15, 0.2) is 67.0 Å². The fourth-order valence-corrected chi connectivity index (χ4v) is 4.57. The SMILES string of the molecule is O=C(NCCCN1CCN(c2ncccn2)CC1)c1ccc2c(c1)C(=O)N(Cc1ccccc1)C2=O. The van der Waals surface area contributed by atoms with Gasteiger partial charge >= 0.3 is 0 Å². The van der Waals surface area contributed by atoms with E-state index in [4.69, 9.17) is 0 Å². The molecule has 9 nitrogen and oxygen atoms in total. The Balaban J connectivity index is 1.09. The van der Waals surface area contributed by atoms with Crippen LogP contribution < -0.4 is 10.2 Å². The second-order valence-corrected chi connectivity index (χ2v) is 8.93. The van der Waals surface area contributed by atoms with E-state index in [2.05, 4.69) is 25.1 Å². The number of imide groups is 1. The number of fused-ring (bicyclic) bond motifs is 1. The van der Waals surface area contributed by atoms with E-state index in [0.29, 0.717) is 17.7 Å². The lowest BCUT2D eigenvalue weighted by molar-refractivity contribution is 0.0642. The predicted octanol–water partition coefficient (Wildman–Crippen LogP) is 2.21. The average molecular weight is 485 g/mol. The van der Waals surface area contributed by atoms with E-state index in [9.17, 15) is 14.4 Å². The van der Waals surface area contributed by atoms with Gasteiger partial charge in [-0.05, 0) is 42.8 Å². The number of hydrogen-bond donors (Lipinski definition) is 1. The van der Waals surface area contributed by atoms with Gasteiger partial charge in [0.05, 0.1) is 17.7 Å². The maximum atomic E-state index is 12.9. The number of aromatic nitrogens is 2. The average Bonchev–Trinajstić information content (AvgIpc) is 3.16. The summed E-state index contributed by atoms with van der Waals surface area (Å²) in [6, 6.07) is 15.9. The van der Waals surface area contributed by atoms with Gasteiger partial charge in [-0.1, -0.05) is 30.3 Å². The summed E-state index contributed by atoms with van der Waals surface area (Å²) >= 11 is 0. The summed E-state index contributed by atoms with van der Waals surface area (Å²) in [5.41, 5.74) is 1.88. The Labute approximate surface area is 209 Å². The fraction of sp³-hybridized carbons (Fsp3) is 0.296. The lowest BCUT2D eigenvalue weighted by Gasteiger charge is -2.34. The Hall–Kier alpha value is -4.11. The van der Waals surface area contributed by atoms with Crippen molar-refractivity contribution in [3.8, 4) is 0 Å². The second kappa shape index (κ2) is 10.7. The van der Waals surface area contributed by atoms with Gasteiger partial charge in [-0.25, -0.2) is 9.97 Å². The van der Waals surface area contributed by atoms with E-state index >= 15 is 0 Å². The van der Waals surface area contributed by atoms with Crippen LogP contribution in [-0.4, -0.2) is 76.8 Å². The Morgan fingerprint density at radius 2 is 1.58 bits per heavy atom. The van der Waals surface area contributed by atoms with Gasteiger partial charge in [-0.3, -0.25) is 24.2 Å². The van der Waals surface area contributed by atoms with E-state index in [1.54, 1.807) is 24.5 Å². The smallest absolute Gasteiger partial charge is 0.261 e. The number of piperazine rings is 1. The number of nitrogens with zero attached hydrogens (tertiary/aromatic N) is 5. The lowest BCUT2D eigenvalue weighted by Crippen LogP contribution is -2.47. The summed E-state index contributed by atoms with van der Waals surface area (Å²) in [5.74, 6) is -0.175. The Kier molecular flexibility index (Phi) is 6.99. The highest BCUT2D eigenvalue weighted by molar-refractivity contribution is 6.22. The molecule has 3 amide bonds. The largest absolute Gasteiger partial charge is 0.352 e. The highest BCUT2D eigenvalue weighted by atomic mass is 16.2. The van der Waals surface area contributed by atoms with Crippen molar-refractivity contribution < 1.29 is 14.4 Å². The molecule has 1 N–H and O–H groups in total. The molecule has 1 saturated heterocycles. The number of nitrogens with one attached hydrogen (secondary N) is 1. The number of carbonyl (C=O) groups is 3. The topological polar surface area (TPSA) is 98.7 Å². The molecular weight excluding hydrogens is 456 g/mol. The van der Waals surface area contributed by atoms with Gasteiger partial charge in [-0.15, -0.1) is 0 Å². The zero-order valence-corrected chi connectivity index (χ0v) is 20.0. The summed E-state index contributed by atoms with van der Waals surface area (Å²) in [7, 11) is 0. The van der Waals surface area contributed by atoms with Gasteiger partial charge in [0.25, 0.3) is 17.7 Å². The molecule has 0 bridgehead atoms. The second-order valence-electron chi connectivity index (χ2n) is 8.93. The van der Waals surface area contributed by atoms with Crippen molar-refractivity contribution >= 4 is 23.7 Å². The maximum Gasteiger partial charge on any atom is 0.261 e. The Bertz CT molecular complexity index is 1240. The monoisotopic (exact) mass is 484 g/mol. The van der Waals surface area contributed by atoms with Crippen molar-refractivity contribution in [2.45, 2.75) is 13.0 Å². The molecule has 2 aliphatic rings. The summed E-state index contributed by atoms with van der Waals surface area (Å²) in [5, 5.41) is 2.94. The van der Waals surface area contributed by atoms with Gasteiger partial charge in [0.15, 0.2) is 0 Å². The van der Waals surface area contributed by atoms with Gasteiger partial charge in [-0.2, -0.15) is 0 Å². The van der Waals surface area contributed by atoms with Crippen molar-refractivity contribution in [3.05, 3.63) is 89.2 Å². The minimum atomic E-state index is -0.367. The van der Waals surface area contributed by atoms with Crippen molar-refractivity contribution in [2.24, 2.45) is 0 Å². The highest BCUT2D eigenvalue weighted by Crippen LogP contribution is 2.25. The molecular formula is C27H28N6O3. The van der Waals surface area contributed by atoms with Gasteiger partial charge in [0.1, 0.15) is 0 Å². The summed E-state index contributed by atoms with van der Waals surface area (Å²) in [6.07, 6.45) is 4.33. The van der Waals surface area contributed by atoms with Gasteiger partial charge in [0.2, 0.25) is 5.95 Å². The minimum absolute atomic E-state index is 0.210. The number of benzene rings is 2. The first-order chi connectivity index (χ1) is 17.6. The van der Waals surface area contributed by atoms with Crippen LogP contribution in [0.2, 0.25) is 0 Å². The van der Waals surface area contributed by atoms with Crippen molar-refractivity contribution in [2.75, 3.05) is 44.2 Å². The van der Waals surface area contributed by atoms with Crippen LogP contribution in [-0.2, 0) is 6.54 Å². The maximum absolute atomic E-state index is 12.9. The van der Waals surface area contributed by atoms with Crippen LogP contribution in [0.3, 0.4) is 0 Å². The quantitative estimate of drug-likeness (QED) is 0.387. The molecule has 3 aromatic rings. The van der Waals surface area contributed by atoms with Crippen molar-refractivity contribution in [1.82, 2.24) is 25.1 Å². The molecule has 0 spiro atoms. The van der Waals surface area contributed by atoms with Gasteiger partial charge < -0.3 is 10.2 Å². The molecule has 2 aliphatic heterocycles. The number of rotatable bonds is 8. The standard InChI is InChI=1S/C27H28N6O3/c34-24(28-12-5-13-31-14-16-32(17-15-31)27-29-10-4-11-30-27)21-8-9-22-23(18-21)26(36)33(25(22)35)19-20-6-2-1-3-7-20/h1-4,6-11,18H,5,12-17,19H2,(H,28,34). The predicted molar refractivity (Wildman–Crippen MR) is 135 cm³/mol.